The molecule has 2 aromatic rings. The molecule has 0 aliphatic carbocycles. The highest BCUT2D eigenvalue weighted by molar-refractivity contribution is 7.86. The van der Waals surface area contributed by atoms with E-state index in [2.05, 4.69) is 33.0 Å². The Labute approximate surface area is 266 Å². The number of nitrogens with one attached hydrogen (secondary N) is 1. The number of carboxylic acid groups (broad SMARTS) is 1. The quantitative estimate of drug-likeness (QED) is 0.194. The number of pyridine rings is 1. The molecule has 1 amide bonds. The van der Waals surface area contributed by atoms with Crippen LogP contribution < -0.4 is 19.5 Å². The molecule has 16 heteroatoms. The van der Waals surface area contributed by atoms with Crippen molar-refractivity contribution in [2.24, 2.45) is 13.0 Å². The highest BCUT2D eigenvalue weighted by Gasteiger charge is 2.50. The third-order valence-corrected chi connectivity index (χ3v) is 8.11. The summed E-state index contributed by atoms with van der Waals surface area (Å²) < 4.78 is 72.7. The summed E-state index contributed by atoms with van der Waals surface area (Å²) in [6.45, 7) is 10.5. The number of rotatable bonds is 12. The number of aryl methyl sites for hydroxylation is 1. The molecule has 0 saturated carbocycles. The fourth-order valence-electron chi connectivity index (χ4n) is 4.83. The van der Waals surface area contributed by atoms with Crippen LogP contribution in [0.2, 0.25) is 0 Å². The van der Waals surface area contributed by atoms with Gasteiger partial charge in [-0.05, 0) is 36.0 Å². The maximum Gasteiger partial charge on any atom is 0.485 e. The summed E-state index contributed by atoms with van der Waals surface area (Å²) in [5.41, 5.74) is -4.26. The van der Waals surface area contributed by atoms with Crippen molar-refractivity contribution in [3.8, 4) is 5.88 Å². The zero-order valence-corrected chi connectivity index (χ0v) is 27.2. The fraction of sp³-hybridized carbons (Fsp3) is 0.533. The number of carboxylic acids is 1. The molecule has 1 saturated heterocycles. The van der Waals surface area contributed by atoms with E-state index < -0.39 is 57.6 Å². The molecule has 0 bridgehead atoms. The number of halogens is 3. The molecule has 256 valence electrons. The van der Waals surface area contributed by atoms with Crippen LogP contribution in [-0.2, 0) is 36.3 Å². The van der Waals surface area contributed by atoms with Crippen LogP contribution in [0.4, 0.5) is 18.9 Å². The molecule has 1 aromatic heterocycles. The van der Waals surface area contributed by atoms with Crippen LogP contribution >= 0.6 is 0 Å². The van der Waals surface area contributed by atoms with Crippen LogP contribution in [-0.4, -0.2) is 72.3 Å². The molecule has 46 heavy (non-hydrogen) atoms. The zero-order valence-electron chi connectivity index (χ0n) is 26.4. The third-order valence-electron chi connectivity index (χ3n) is 7.55. The van der Waals surface area contributed by atoms with Crippen molar-refractivity contribution in [1.29, 1.82) is 0 Å². The Kier molecular flexibility index (Phi) is 13.1. The SMILES string of the molecule is CCC1(C(C)C)CN(c2ccccc2C(C)C)C(C(=O)N[C@@H](CC(=O)O)C(=O)COc2cccc[n+]2C)O1.O=S(=O)([O-])C(F)(F)F. The van der Waals surface area contributed by atoms with Gasteiger partial charge in [0.05, 0.1) is 24.6 Å². The minimum Gasteiger partial charge on any atom is -0.741 e. The molecular weight excluding hydrogens is 635 g/mol. The first-order valence-electron chi connectivity index (χ1n) is 14.4. The highest BCUT2D eigenvalue weighted by Crippen LogP contribution is 2.40. The first kappa shape index (κ1) is 38.4. The van der Waals surface area contributed by atoms with Gasteiger partial charge in [-0.1, -0.05) is 52.8 Å². The van der Waals surface area contributed by atoms with Gasteiger partial charge in [-0.25, -0.2) is 8.42 Å². The lowest BCUT2D eigenvalue weighted by Gasteiger charge is -2.31. The minimum atomic E-state index is -6.09. The number of ketones is 1. The number of ether oxygens (including phenoxy) is 2. The number of Topliss-reactive ketones (excluding diaryl/α,β-unsaturated/α-hetero) is 1. The summed E-state index contributed by atoms with van der Waals surface area (Å²) in [4.78, 5) is 40.3. The molecular formula is C30H40F3N3O9S. The lowest BCUT2D eigenvalue weighted by Crippen LogP contribution is -2.52. The van der Waals surface area contributed by atoms with Crippen molar-refractivity contribution in [2.75, 3.05) is 18.1 Å². The molecule has 3 rings (SSSR count). The van der Waals surface area contributed by atoms with Crippen molar-refractivity contribution in [3.63, 3.8) is 0 Å². The summed E-state index contributed by atoms with van der Waals surface area (Å²) in [7, 11) is -4.32. The molecule has 2 unspecified atom stereocenters. The smallest absolute Gasteiger partial charge is 0.485 e. The summed E-state index contributed by atoms with van der Waals surface area (Å²) in [5, 5.41) is 12.1. The van der Waals surface area contributed by atoms with Crippen molar-refractivity contribution < 1.29 is 59.7 Å². The maximum atomic E-state index is 13.7. The van der Waals surface area contributed by atoms with Gasteiger partial charge < -0.3 is 29.3 Å². The molecule has 1 aliphatic rings. The van der Waals surface area contributed by atoms with Crippen LogP contribution in [0.3, 0.4) is 0 Å². The largest absolute Gasteiger partial charge is 0.741 e. The molecule has 2 heterocycles. The van der Waals surface area contributed by atoms with E-state index in [1.807, 2.05) is 42.2 Å². The monoisotopic (exact) mass is 675 g/mol. The molecule has 1 aromatic carbocycles. The predicted molar refractivity (Wildman–Crippen MR) is 159 cm³/mol. The Morgan fingerprint density at radius 1 is 1.15 bits per heavy atom. The van der Waals surface area contributed by atoms with Crippen molar-refractivity contribution in [3.05, 3.63) is 54.2 Å². The molecule has 0 spiro atoms. The van der Waals surface area contributed by atoms with Crippen molar-refractivity contribution in [2.45, 2.75) is 76.8 Å². The molecule has 2 N–H and O–H groups in total. The van der Waals surface area contributed by atoms with E-state index in [0.717, 1.165) is 11.3 Å². The van der Waals surface area contributed by atoms with Gasteiger partial charge in [0.2, 0.25) is 6.23 Å². The number of anilines is 1. The fourth-order valence-corrected chi connectivity index (χ4v) is 4.83. The summed E-state index contributed by atoms with van der Waals surface area (Å²) >= 11 is 0. The van der Waals surface area contributed by atoms with E-state index in [4.69, 9.17) is 22.4 Å². The second kappa shape index (κ2) is 15.7. The van der Waals surface area contributed by atoms with E-state index in [0.29, 0.717) is 18.8 Å². The minimum absolute atomic E-state index is 0.121. The molecule has 0 radical (unpaired) electrons. The Morgan fingerprint density at radius 2 is 1.74 bits per heavy atom. The number of alkyl halides is 3. The van der Waals surface area contributed by atoms with E-state index >= 15 is 0 Å². The predicted octanol–water partition coefficient (Wildman–Crippen LogP) is 3.26. The first-order chi connectivity index (χ1) is 21.2. The standard InChI is InChI=1S/C29H39N3O6.CHF3O3S/c1-7-29(20(4)5)18-32(23-13-9-8-12-21(23)19(2)3)28(38-29)27(36)30-22(16-26(34)35)24(33)17-37-25-14-10-11-15-31(25)6;2-1(3,4)8(5,6)7/h8-15,19-20,22,28H,7,16-18H2,1-6H3,(H-,30,34,35,36);(H,5,6,7)/t22-,28?,29?;/m0./s1. The second-order valence-electron chi connectivity index (χ2n) is 11.3. The van der Waals surface area contributed by atoms with E-state index in [1.165, 1.54) is 0 Å². The number of amides is 1. The lowest BCUT2D eigenvalue weighted by atomic mass is 9.87. The van der Waals surface area contributed by atoms with Gasteiger partial charge in [-0.3, -0.25) is 14.4 Å². The van der Waals surface area contributed by atoms with E-state index in [-0.39, 0.29) is 18.4 Å². The van der Waals surface area contributed by atoms with Gasteiger partial charge >= 0.3 is 17.4 Å². The Hall–Kier alpha value is -3.76. The molecule has 12 nitrogen and oxygen atoms in total. The van der Waals surface area contributed by atoms with Gasteiger partial charge in [0.15, 0.2) is 28.7 Å². The number of carbonyl (C=O) groups is 3. The topological polar surface area (TPSA) is 166 Å². The third kappa shape index (κ3) is 9.87. The number of aliphatic carboxylic acids is 1. The van der Waals surface area contributed by atoms with Gasteiger partial charge in [-0.2, -0.15) is 17.7 Å². The lowest BCUT2D eigenvalue weighted by molar-refractivity contribution is -0.677. The van der Waals surface area contributed by atoms with E-state index in [9.17, 15) is 32.7 Å². The molecule has 3 atom stereocenters. The number of hydrogen-bond acceptors (Lipinski definition) is 9. The Bertz CT molecular complexity index is 1490. The number of hydrogen-bond donors (Lipinski definition) is 2. The van der Waals surface area contributed by atoms with Gasteiger partial charge in [0.1, 0.15) is 13.1 Å². The summed E-state index contributed by atoms with van der Waals surface area (Å²) in [5.74, 6) is -1.51. The number of carbonyl (C=O) groups excluding carboxylic acids is 2. The average molecular weight is 676 g/mol. The number of aromatic nitrogens is 1. The van der Waals surface area contributed by atoms with Gasteiger partial charge in [-0.15, -0.1) is 0 Å². The van der Waals surface area contributed by atoms with Crippen LogP contribution in [0.1, 0.15) is 58.9 Å². The van der Waals surface area contributed by atoms with Crippen LogP contribution in [0.15, 0.2) is 48.7 Å². The molecule has 1 aliphatic heterocycles. The van der Waals surface area contributed by atoms with Gasteiger partial charge in [0.25, 0.3) is 5.91 Å². The van der Waals surface area contributed by atoms with Crippen LogP contribution in [0.25, 0.3) is 0 Å². The first-order valence-corrected chi connectivity index (χ1v) is 15.8. The van der Waals surface area contributed by atoms with Crippen molar-refractivity contribution in [1.82, 2.24) is 5.32 Å². The number of nitrogens with zero attached hydrogens (tertiary/aromatic N) is 2. The number of para-hydroxylation sites is 1. The molecule has 1 fully saturated rings. The summed E-state index contributed by atoms with van der Waals surface area (Å²) in [6.07, 6.45) is 0.877. The Morgan fingerprint density at radius 3 is 2.24 bits per heavy atom. The van der Waals surface area contributed by atoms with Gasteiger partial charge in [0, 0.05) is 11.8 Å². The highest BCUT2D eigenvalue weighted by atomic mass is 32.2. The number of benzene rings is 1. The van der Waals surface area contributed by atoms with Crippen LogP contribution in [0, 0.1) is 5.92 Å². The zero-order chi connectivity index (χ0) is 35.0. The summed E-state index contributed by atoms with van der Waals surface area (Å²) in [6, 6.07) is 11.9. The average Bonchev–Trinajstić information content (AvgIpc) is 3.37. The van der Waals surface area contributed by atoms with Crippen molar-refractivity contribution >= 4 is 33.5 Å². The normalized spacial score (nSPS) is 19.0. The second-order valence-corrected chi connectivity index (χ2v) is 12.7. The Balaban J connectivity index is 0.000000812. The van der Waals surface area contributed by atoms with Crippen LogP contribution in [0.5, 0.6) is 5.88 Å². The maximum absolute atomic E-state index is 13.7. The van der Waals surface area contributed by atoms with E-state index in [1.54, 1.807) is 29.9 Å².